The molecular formula is C13H19N. The summed E-state index contributed by atoms with van der Waals surface area (Å²) < 4.78 is 0. The van der Waals surface area contributed by atoms with Crippen LogP contribution in [0.5, 0.6) is 0 Å². The predicted molar refractivity (Wildman–Crippen MR) is 60.8 cm³/mol. The predicted octanol–water partition coefficient (Wildman–Crippen LogP) is 2.59. The minimum absolute atomic E-state index is 0.679. The first-order valence-corrected chi connectivity index (χ1v) is 5.45. The standard InChI is InChI=1S/C13H19N/c1-10-4-5-13-11(2)9-14(3)7-6-12(13)8-10/h4-5,8,11H,6-7,9H2,1-3H3. The van der Waals surface area contributed by atoms with Gasteiger partial charge in [0, 0.05) is 13.1 Å². The number of hydrogen-bond acceptors (Lipinski definition) is 1. The molecule has 0 spiro atoms. The van der Waals surface area contributed by atoms with E-state index < -0.39 is 0 Å². The van der Waals surface area contributed by atoms with Gasteiger partial charge in [0.2, 0.25) is 0 Å². The Labute approximate surface area is 86.7 Å². The molecule has 0 N–H and O–H groups in total. The van der Waals surface area contributed by atoms with Crippen LogP contribution < -0.4 is 0 Å². The van der Waals surface area contributed by atoms with E-state index in [-0.39, 0.29) is 0 Å². The molecule has 0 aliphatic carbocycles. The van der Waals surface area contributed by atoms with E-state index in [1.165, 1.54) is 25.1 Å². The maximum Gasteiger partial charge on any atom is 0.00448 e. The van der Waals surface area contributed by atoms with Crippen molar-refractivity contribution in [2.75, 3.05) is 20.1 Å². The van der Waals surface area contributed by atoms with E-state index in [1.54, 1.807) is 11.1 Å². The monoisotopic (exact) mass is 189 g/mol. The zero-order chi connectivity index (χ0) is 10.1. The lowest BCUT2D eigenvalue weighted by atomic mass is 9.94. The summed E-state index contributed by atoms with van der Waals surface area (Å²) in [5.41, 5.74) is 4.50. The highest BCUT2D eigenvalue weighted by atomic mass is 15.1. The van der Waals surface area contributed by atoms with Gasteiger partial charge in [-0.3, -0.25) is 0 Å². The third kappa shape index (κ3) is 1.83. The highest BCUT2D eigenvalue weighted by molar-refractivity contribution is 5.35. The lowest BCUT2D eigenvalue weighted by Gasteiger charge is -2.17. The van der Waals surface area contributed by atoms with Crippen LogP contribution in [0.3, 0.4) is 0 Å². The van der Waals surface area contributed by atoms with Gasteiger partial charge in [0.15, 0.2) is 0 Å². The first-order chi connectivity index (χ1) is 6.66. The number of aryl methyl sites for hydroxylation is 1. The van der Waals surface area contributed by atoms with Gasteiger partial charge in [-0.25, -0.2) is 0 Å². The average molecular weight is 189 g/mol. The molecule has 1 aliphatic heterocycles. The van der Waals surface area contributed by atoms with Gasteiger partial charge in [0.1, 0.15) is 0 Å². The van der Waals surface area contributed by atoms with Crippen LogP contribution in [0, 0.1) is 6.92 Å². The van der Waals surface area contributed by atoms with Crippen LogP contribution in [0.2, 0.25) is 0 Å². The lowest BCUT2D eigenvalue weighted by molar-refractivity contribution is 0.332. The molecule has 0 radical (unpaired) electrons. The van der Waals surface area contributed by atoms with Crippen LogP contribution in [-0.2, 0) is 6.42 Å². The highest BCUT2D eigenvalue weighted by Gasteiger charge is 2.16. The first kappa shape index (κ1) is 9.72. The Morgan fingerprint density at radius 3 is 2.93 bits per heavy atom. The van der Waals surface area contributed by atoms with Crippen molar-refractivity contribution < 1.29 is 0 Å². The summed E-state index contributed by atoms with van der Waals surface area (Å²) in [5.74, 6) is 0.679. The van der Waals surface area contributed by atoms with Crippen LogP contribution in [0.25, 0.3) is 0 Å². The fourth-order valence-corrected chi connectivity index (χ4v) is 2.40. The molecule has 0 fully saturated rings. The second-order valence-corrected chi connectivity index (χ2v) is 4.62. The van der Waals surface area contributed by atoms with Crippen molar-refractivity contribution in [2.24, 2.45) is 0 Å². The number of rotatable bonds is 0. The van der Waals surface area contributed by atoms with Gasteiger partial charge in [0.25, 0.3) is 0 Å². The van der Waals surface area contributed by atoms with Crippen molar-refractivity contribution in [1.82, 2.24) is 4.90 Å². The van der Waals surface area contributed by atoms with E-state index in [2.05, 4.69) is 44.0 Å². The third-order valence-corrected chi connectivity index (χ3v) is 3.18. The Kier molecular flexibility index (Phi) is 2.60. The van der Waals surface area contributed by atoms with Crippen LogP contribution in [0.4, 0.5) is 0 Å². The zero-order valence-electron chi connectivity index (χ0n) is 9.38. The van der Waals surface area contributed by atoms with E-state index in [4.69, 9.17) is 0 Å². The highest BCUT2D eigenvalue weighted by Crippen LogP contribution is 2.25. The van der Waals surface area contributed by atoms with Gasteiger partial charge in [-0.1, -0.05) is 30.7 Å². The van der Waals surface area contributed by atoms with Gasteiger partial charge >= 0.3 is 0 Å². The Bertz CT molecular complexity index is 330. The van der Waals surface area contributed by atoms with Crippen LogP contribution in [-0.4, -0.2) is 25.0 Å². The van der Waals surface area contributed by atoms with E-state index in [1.807, 2.05) is 0 Å². The summed E-state index contributed by atoms with van der Waals surface area (Å²) in [6.45, 7) is 6.90. The quantitative estimate of drug-likeness (QED) is 0.606. The summed E-state index contributed by atoms with van der Waals surface area (Å²) in [7, 11) is 2.22. The zero-order valence-corrected chi connectivity index (χ0v) is 9.38. The molecule has 1 aromatic rings. The number of nitrogens with zero attached hydrogens (tertiary/aromatic N) is 1. The molecule has 1 heterocycles. The van der Waals surface area contributed by atoms with Gasteiger partial charge < -0.3 is 4.90 Å². The number of likely N-dealkylation sites (N-methyl/N-ethyl adjacent to an activating group) is 1. The molecule has 2 rings (SSSR count). The minimum atomic E-state index is 0.679. The molecule has 0 saturated carbocycles. The van der Waals surface area contributed by atoms with Crippen molar-refractivity contribution in [3.8, 4) is 0 Å². The lowest BCUT2D eigenvalue weighted by Crippen LogP contribution is -2.22. The largest absolute Gasteiger partial charge is 0.305 e. The molecule has 0 saturated heterocycles. The molecule has 1 nitrogen and oxygen atoms in total. The van der Waals surface area contributed by atoms with Crippen LogP contribution in [0.1, 0.15) is 29.5 Å². The Morgan fingerprint density at radius 2 is 2.14 bits per heavy atom. The Balaban J connectivity index is 2.38. The molecular weight excluding hydrogens is 170 g/mol. The topological polar surface area (TPSA) is 3.24 Å². The average Bonchev–Trinajstić information content (AvgIpc) is 2.26. The summed E-state index contributed by atoms with van der Waals surface area (Å²) >= 11 is 0. The molecule has 1 atom stereocenters. The number of fused-ring (bicyclic) bond motifs is 1. The molecule has 1 aromatic carbocycles. The van der Waals surface area contributed by atoms with Crippen LogP contribution in [0.15, 0.2) is 18.2 Å². The van der Waals surface area contributed by atoms with E-state index in [0.717, 1.165) is 0 Å². The Hall–Kier alpha value is -0.820. The maximum atomic E-state index is 2.43. The van der Waals surface area contributed by atoms with E-state index in [0.29, 0.717) is 5.92 Å². The molecule has 76 valence electrons. The van der Waals surface area contributed by atoms with Gasteiger partial charge in [-0.2, -0.15) is 0 Å². The fraction of sp³-hybridized carbons (Fsp3) is 0.538. The molecule has 0 bridgehead atoms. The third-order valence-electron chi connectivity index (χ3n) is 3.18. The van der Waals surface area contributed by atoms with Gasteiger partial charge in [-0.05, 0) is 37.4 Å². The SMILES string of the molecule is Cc1ccc2c(c1)CCN(C)CC2C. The summed E-state index contributed by atoms with van der Waals surface area (Å²) in [4.78, 5) is 2.43. The molecule has 0 amide bonds. The van der Waals surface area contributed by atoms with E-state index >= 15 is 0 Å². The minimum Gasteiger partial charge on any atom is -0.305 e. The second-order valence-electron chi connectivity index (χ2n) is 4.62. The summed E-state index contributed by atoms with van der Waals surface area (Å²) in [6, 6.07) is 6.90. The van der Waals surface area contributed by atoms with Crippen molar-refractivity contribution in [1.29, 1.82) is 0 Å². The van der Waals surface area contributed by atoms with Crippen molar-refractivity contribution >= 4 is 0 Å². The number of benzene rings is 1. The molecule has 1 heteroatoms. The van der Waals surface area contributed by atoms with Gasteiger partial charge in [-0.15, -0.1) is 0 Å². The second kappa shape index (κ2) is 3.74. The van der Waals surface area contributed by atoms with Crippen molar-refractivity contribution in [3.63, 3.8) is 0 Å². The fourth-order valence-electron chi connectivity index (χ4n) is 2.40. The molecule has 14 heavy (non-hydrogen) atoms. The van der Waals surface area contributed by atoms with Crippen molar-refractivity contribution in [3.05, 3.63) is 34.9 Å². The molecule has 1 unspecified atom stereocenters. The first-order valence-electron chi connectivity index (χ1n) is 5.45. The van der Waals surface area contributed by atoms with Crippen molar-refractivity contribution in [2.45, 2.75) is 26.2 Å². The maximum absolute atomic E-state index is 2.43. The normalized spacial score (nSPS) is 22.9. The molecule has 1 aliphatic rings. The number of hydrogen-bond donors (Lipinski definition) is 0. The van der Waals surface area contributed by atoms with E-state index in [9.17, 15) is 0 Å². The summed E-state index contributed by atoms with van der Waals surface area (Å²) in [5, 5.41) is 0. The Morgan fingerprint density at radius 1 is 1.36 bits per heavy atom. The summed E-state index contributed by atoms with van der Waals surface area (Å²) in [6.07, 6.45) is 1.21. The van der Waals surface area contributed by atoms with Crippen LogP contribution >= 0.6 is 0 Å². The smallest absolute Gasteiger partial charge is 0.00448 e. The van der Waals surface area contributed by atoms with Gasteiger partial charge in [0.05, 0.1) is 0 Å². The molecule has 0 aromatic heterocycles.